The van der Waals surface area contributed by atoms with E-state index in [9.17, 15) is 9.90 Å². The van der Waals surface area contributed by atoms with Gasteiger partial charge in [0.15, 0.2) is 0 Å². The quantitative estimate of drug-likeness (QED) is 0.935. The average molecular weight is 286 g/mol. The van der Waals surface area contributed by atoms with Crippen molar-refractivity contribution in [2.45, 2.75) is 6.42 Å². The molecular formula is C16H18N2O3. The number of hydrogen-bond acceptors (Lipinski definition) is 4. The van der Waals surface area contributed by atoms with E-state index in [1.807, 2.05) is 18.2 Å². The highest BCUT2D eigenvalue weighted by Crippen LogP contribution is 2.27. The number of para-hydroxylation sites is 1. The van der Waals surface area contributed by atoms with Gasteiger partial charge in [0.05, 0.1) is 17.7 Å². The molecule has 1 fully saturated rings. The van der Waals surface area contributed by atoms with Crippen LogP contribution in [-0.2, 0) is 4.74 Å². The number of fused-ring (bicyclic) bond motifs is 1. The zero-order chi connectivity index (χ0) is 14.8. The van der Waals surface area contributed by atoms with Crippen molar-refractivity contribution in [3.63, 3.8) is 0 Å². The van der Waals surface area contributed by atoms with Crippen molar-refractivity contribution in [3.8, 4) is 0 Å². The second-order valence-corrected chi connectivity index (χ2v) is 5.41. The lowest BCUT2D eigenvalue weighted by molar-refractivity contribution is 0.0699. The van der Waals surface area contributed by atoms with Crippen molar-refractivity contribution in [1.29, 1.82) is 0 Å². The molecule has 0 saturated carbocycles. The topological polar surface area (TPSA) is 62.7 Å². The zero-order valence-electron chi connectivity index (χ0n) is 12.0. The number of methoxy groups -OCH3 is 1. The second-order valence-electron chi connectivity index (χ2n) is 5.41. The van der Waals surface area contributed by atoms with Crippen molar-refractivity contribution in [1.82, 2.24) is 4.98 Å². The predicted octanol–water partition coefficient (Wildman–Crippen LogP) is 2.41. The van der Waals surface area contributed by atoms with Crippen LogP contribution in [0.15, 0.2) is 30.3 Å². The summed E-state index contributed by atoms with van der Waals surface area (Å²) in [7, 11) is 1.71. The molecule has 1 aromatic heterocycles. The Morgan fingerprint density at radius 1 is 1.48 bits per heavy atom. The van der Waals surface area contributed by atoms with Gasteiger partial charge in [-0.25, -0.2) is 9.78 Å². The van der Waals surface area contributed by atoms with E-state index in [2.05, 4.69) is 9.88 Å². The van der Waals surface area contributed by atoms with E-state index in [0.717, 1.165) is 37.5 Å². The Kier molecular flexibility index (Phi) is 3.75. The molecule has 21 heavy (non-hydrogen) atoms. The molecule has 0 spiro atoms. The molecule has 5 heteroatoms. The maximum absolute atomic E-state index is 11.5. The highest BCUT2D eigenvalue weighted by Gasteiger charge is 2.24. The van der Waals surface area contributed by atoms with Crippen LogP contribution in [0.25, 0.3) is 10.9 Å². The Morgan fingerprint density at radius 2 is 2.29 bits per heavy atom. The molecule has 1 N–H and O–H groups in total. The number of benzene rings is 1. The molecule has 1 aliphatic rings. The summed E-state index contributed by atoms with van der Waals surface area (Å²) in [4.78, 5) is 18.2. The molecule has 3 rings (SSSR count). The van der Waals surface area contributed by atoms with Crippen LogP contribution in [0.2, 0.25) is 0 Å². The fraction of sp³-hybridized carbons (Fsp3) is 0.375. The number of carboxylic acid groups (broad SMARTS) is 1. The molecule has 0 radical (unpaired) electrons. The molecule has 1 saturated heterocycles. The number of carbonyl (C=O) groups is 1. The summed E-state index contributed by atoms with van der Waals surface area (Å²) in [5.74, 6) is 0.309. The summed E-state index contributed by atoms with van der Waals surface area (Å²) in [5.41, 5.74) is 1.04. The van der Waals surface area contributed by atoms with Crippen LogP contribution in [0.5, 0.6) is 0 Å². The molecule has 0 bridgehead atoms. The highest BCUT2D eigenvalue weighted by atomic mass is 16.5. The summed E-state index contributed by atoms with van der Waals surface area (Å²) < 4.78 is 5.20. The van der Waals surface area contributed by atoms with Gasteiger partial charge in [-0.2, -0.15) is 0 Å². The smallest absolute Gasteiger partial charge is 0.336 e. The van der Waals surface area contributed by atoms with Crippen LogP contribution >= 0.6 is 0 Å². The lowest BCUT2D eigenvalue weighted by Gasteiger charge is -2.19. The second kappa shape index (κ2) is 5.69. The number of ether oxygens (including phenoxy) is 1. The third kappa shape index (κ3) is 2.69. The summed E-state index contributed by atoms with van der Waals surface area (Å²) in [6.07, 6.45) is 1.05. The largest absolute Gasteiger partial charge is 0.478 e. The van der Waals surface area contributed by atoms with Gasteiger partial charge in [-0.15, -0.1) is 0 Å². The maximum Gasteiger partial charge on any atom is 0.336 e. The highest BCUT2D eigenvalue weighted by molar-refractivity contribution is 6.03. The van der Waals surface area contributed by atoms with Gasteiger partial charge in [0, 0.05) is 31.5 Å². The zero-order valence-corrected chi connectivity index (χ0v) is 12.0. The molecule has 1 atom stereocenters. The van der Waals surface area contributed by atoms with Gasteiger partial charge in [-0.1, -0.05) is 18.2 Å². The molecule has 0 amide bonds. The fourth-order valence-electron chi connectivity index (χ4n) is 2.91. The molecule has 1 aromatic carbocycles. The van der Waals surface area contributed by atoms with E-state index in [1.54, 1.807) is 19.2 Å². The Labute approximate surface area is 123 Å². The maximum atomic E-state index is 11.5. The van der Waals surface area contributed by atoms with Crippen molar-refractivity contribution >= 4 is 22.7 Å². The van der Waals surface area contributed by atoms with Crippen LogP contribution in [0, 0.1) is 5.92 Å². The summed E-state index contributed by atoms with van der Waals surface area (Å²) >= 11 is 0. The minimum atomic E-state index is -0.914. The van der Waals surface area contributed by atoms with Gasteiger partial charge in [0.2, 0.25) is 0 Å². The molecule has 2 heterocycles. The number of carboxylic acids is 1. The van der Waals surface area contributed by atoms with Gasteiger partial charge >= 0.3 is 5.97 Å². The first kappa shape index (κ1) is 13.8. The van der Waals surface area contributed by atoms with Crippen molar-refractivity contribution in [2.24, 2.45) is 5.92 Å². The first-order chi connectivity index (χ1) is 10.2. The SMILES string of the molecule is COCC1CCN(c2cc(C(=O)O)c3ccccc3n2)C1. The number of pyridine rings is 1. The Bertz CT molecular complexity index is 672. The number of aromatic nitrogens is 1. The molecule has 2 aromatic rings. The van der Waals surface area contributed by atoms with Crippen LogP contribution in [0.4, 0.5) is 5.82 Å². The molecular weight excluding hydrogens is 268 g/mol. The van der Waals surface area contributed by atoms with E-state index in [1.165, 1.54) is 0 Å². The minimum absolute atomic E-state index is 0.311. The van der Waals surface area contributed by atoms with Crippen molar-refractivity contribution in [3.05, 3.63) is 35.9 Å². The van der Waals surface area contributed by atoms with E-state index >= 15 is 0 Å². The van der Waals surface area contributed by atoms with Crippen LogP contribution in [-0.4, -0.2) is 42.9 Å². The Hall–Kier alpha value is -2.14. The first-order valence-electron chi connectivity index (χ1n) is 7.06. The number of aromatic carboxylic acids is 1. The van der Waals surface area contributed by atoms with Crippen LogP contribution in [0.1, 0.15) is 16.8 Å². The van der Waals surface area contributed by atoms with Gasteiger partial charge in [0.25, 0.3) is 0 Å². The minimum Gasteiger partial charge on any atom is -0.478 e. The fourth-order valence-corrected chi connectivity index (χ4v) is 2.91. The van der Waals surface area contributed by atoms with Gasteiger partial charge in [0.1, 0.15) is 5.82 Å². The van der Waals surface area contributed by atoms with Crippen LogP contribution < -0.4 is 4.90 Å². The number of nitrogens with zero attached hydrogens (tertiary/aromatic N) is 2. The third-order valence-corrected chi connectivity index (χ3v) is 3.95. The molecule has 5 nitrogen and oxygen atoms in total. The summed E-state index contributed by atoms with van der Waals surface area (Å²) in [6.45, 7) is 2.48. The summed E-state index contributed by atoms with van der Waals surface area (Å²) in [5, 5.41) is 10.1. The van der Waals surface area contributed by atoms with E-state index in [0.29, 0.717) is 16.9 Å². The lowest BCUT2D eigenvalue weighted by atomic mass is 10.1. The monoisotopic (exact) mass is 286 g/mol. The van der Waals surface area contributed by atoms with Crippen LogP contribution in [0.3, 0.4) is 0 Å². The van der Waals surface area contributed by atoms with E-state index in [-0.39, 0.29) is 0 Å². The normalized spacial score (nSPS) is 18.3. The Morgan fingerprint density at radius 3 is 3.05 bits per heavy atom. The molecule has 110 valence electrons. The van der Waals surface area contributed by atoms with E-state index in [4.69, 9.17) is 4.74 Å². The number of anilines is 1. The molecule has 1 aliphatic heterocycles. The number of hydrogen-bond donors (Lipinski definition) is 1. The standard InChI is InChI=1S/C16H18N2O3/c1-21-10-11-6-7-18(9-11)15-8-13(16(19)20)12-4-2-3-5-14(12)17-15/h2-5,8,11H,6-7,9-10H2,1H3,(H,19,20). The van der Waals surface area contributed by atoms with Gasteiger partial charge in [-0.05, 0) is 18.6 Å². The molecule has 0 aliphatic carbocycles. The van der Waals surface area contributed by atoms with E-state index < -0.39 is 5.97 Å². The Balaban J connectivity index is 1.98. The first-order valence-corrected chi connectivity index (χ1v) is 7.06. The van der Waals surface area contributed by atoms with Crippen molar-refractivity contribution in [2.75, 3.05) is 31.7 Å². The molecule has 1 unspecified atom stereocenters. The number of rotatable bonds is 4. The predicted molar refractivity (Wildman–Crippen MR) is 80.9 cm³/mol. The van der Waals surface area contributed by atoms with Gasteiger partial charge < -0.3 is 14.7 Å². The average Bonchev–Trinajstić information content (AvgIpc) is 2.95. The van der Waals surface area contributed by atoms with Crippen molar-refractivity contribution < 1.29 is 14.6 Å². The van der Waals surface area contributed by atoms with Gasteiger partial charge in [-0.3, -0.25) is 0 Å². The third-order valence-electron chi connectivity index (χ3n) is 3.95. The lowest BCUT2D eigenvalue weighted by Crippen LogP contribution is -2.22. The summed E-state index contributed by atoms with van der Waals surface area (Å²) in [6, 6.07) is 9.05.